The molecular weight excluding hydrogens is 212 g/mol. The molecule has 0 aliphatic carbocycles. The van der Waals surface area contributed by atoms with Gasteiger partial charge in [0, 0.05) is 31.2 Å². The summed E-state index contributed by atoms with van der Waals surface area (Å²) in [4.78, 5) is 0. The highest BCUT2D eigenvalue weighted by molar-refractivity contribution is 5.12. The van der Waals surface area contributed by atoms with Gasteiger partial charge >= 0.3 is 0 Å². The first-order chi connectivity index (χ1) is 8.19. The Labute approximate surface area is 102 Å². The maximum Gasteiger partial charge on any atom is 0.0821 e. The standard InChI is InChI=1S/C13H20N4/c1-11(2)17-7-5-13(15-17)10-16-6-4-12(9-16)8-14-3/h4-7,9,11,14H,8,10H2,1-3H3. The van der Waals surface area contributed by atoms with Crippen molar-refractivity contribution in [3.63, 3.8) is 0 Å². The van der Waals surface area contributed by atoms with Gasteiger partial charge in [-0.1, -0.05) is 0 Å². The second kappa shape index (κ2) is 5.19. The van der Waals surface area contributed by atoms with Crippen molar-refractivity contribution in [2.75, 3.05) is 7.05 Å². The summed E-state index contributed by atoms with van der Waals surface area (Å²) >= 11 is 0. The molecule has 4 heteroatoms. The molecule has 2 aromatic rings. The molecule has 0 radical (unpaired) electrons. The van der Waals surface area contributed by atoms with E-state index in [2.05, 4.69) is 53.4 Å². The van der Waals surface area contributed by atoms with Crippen LogP contribution < -0.4 is 5.32 Å². The average molecular weight is 232 g/mol. The lowest BCUT2D eigenvalue weighted by Gasteiger charge is -2.04. The highest BCUT2D eigenvalue weighted by Gasteiger charge is 2.03. The summed E-state index contributed by atoms with van der Waals surface area (Å²) in [5.74, 6) is 0. The van der Waals surface area contributed by atoms with Crippen LogP contribution in [-0.4, -0.2) is 21.4 Å². The Morgan fingerprint density at radius 1 is 1.29 bits per heavy atom. The van der Waals surface area contributed by atoms with Gasteiger partial charge in [-0.25, -0.2) is 0 Å². The summed E-state index contributed by atoms with van der Waals surface area (Å²) in [7, 11) is 1.96. The summed E-state index contributed by atoms with van der Waals surface area (Å²) in [6, 6.07) is 4.64. The number of aromatic nitrogens is 3. The third kappa shape index (κ3) is 2.97. The minimum atomic E-state index is 0.424. The van der Waals surface area contributed by atoms with E-state index < -0.39 is 0 Å². The van der Waals surface area contributed by atoms with E-state index in [-0.39, 0.29) is 0 Å². The Hall–Kier alpha value is -1.55. The van der Waals surface area contributed by atoms with E-state index in [4.69, 9.17) is 0 Å². The van der Waals surface area contributed by atoms with Crippen LogP contribution >= 0.6 is 0 Å². The second-order valence-corrected chi connectivity index (χ2v) is 4.60. The maximum atomic E-state index is 4.54. The second-order valence-electron chi connectivity index (χ2n) is 4.60. The predicted octanol–water partition coefficient (Wildman–Crippen LogP) is 2.03. The normalized spacial score (nSPS) is 11.3. The molecule has 17 heavy (non-hydrogen) atoms. The van der Waals surface area contributed by atoms with Crippen molar-refractivity contribution in [1.29, 1.82) is 0 Å². The highest BCUT2D eigenvalue weighted by Crippen LogP contribution is 2.07. The van der Waals surface area contributed by atoms with Crippen LogP contribution in [0.4, 0.5) is 0 Å². The van der Waals surface area contributed by atoms with Gasteiger partial charge in [-0.2, -0.15) is 5.10 Å². The highest BCUT2D eigenvalue weighted by atomic mass is 15.3. The zero-order valence-corrected chi connectivity index (χ0v) is 10.7. The summed E-state index contributed by atoms with van der Waals surface area (Å²) in [5.41, 5.74) is 2.40. The minimum Gasteiger partial charge on any atom is -0.348 e. The molecule has 2 heterocycles. The molecule has 0 aliphatic heterocycles. The van der Waals surface area contributed by atoms with Crippen LogP contribution in [0.2, 0.25) is 0 Å². The Balaban J connectivity index is 2.03. The van der Waals surface area contributed by atoms with E-state index in [1.165, 1.54) is 5.56 Å². The van der Waals surface area contributed by atoms with Crippen LogP contribution in [0.1, 0.15) is 31.1 Å². The zero-order valence-electron chi connectivity index (χ0n) is 10.7. The van der Waals surface area contributed by atoms with Gasteiger partial charge in [0.15, 0.2) is 0 Å². The van der Waals surface area contributed by atoms with Crippen LogP contribution in [0.5, 0.6) is 0 Å². The van der Waals surface area contributed by atoms with Crippen molar-refractivity contribution in [1.82, 2.24) is 19.7 Å². The lowest BCUT2D eigenvalue weighted by molar-refractivity contribution is 0.524. The first-order valence-electron chi connectivity index (χ1n) is 6.02. The molecule has 0 aromatic carbocycles. The van der Waals surface area contributed by atoms with Gasteiger partial charge in [0.2, 0.25) is 0 Å². The smallest absolute Gasteiger partial charge is 0.0821 e. The lowest BCUT2D eigenvalue weighted by atomic mass is 10.3. The third-order valence-electron chi connectivity index (χ3n) is 2.73. The molecule has 4 nitrogen and oxygen atoms in total. The van der Waals surface area contributed by atoms with Crippen LogP contribution in [0, 0.1) is 0 Å². The van der Waals surface area contributed by atoms with Gasteiger partial charge in [0.25, 0.3) is 0 Å². The van der Waals surface area contributed by atoms with Gasteiger partial charge in [0.1, 0.15) is 0 Å². The zero-order chi connectivity index (χ0) is 12.3. The van der Waals surface area contributed by atoms with Crippen molar-refractivity contribution >= 4 is 0 Å². The molecular formula is C13H20N4. The molecule has 92 valence electrons. The summed E-state index contributed by atoms with van der Waals surface area (Å²) in [6.45, 7) is 6.02. The Morgan fingerprint density at radius 2 is 2.12 bits per heavy atom. The first kappa shape index (κ1) is 11.9. The Morgan fingerprint density at radius 3 is 2.76 bits per heavy atom. The molecule has 0 aliphatic rings. The fraction of sp³-hybridized carbons (Fsp3) is 0.462. The number of hydrogen-bond donors (Lipinski definition) is 1. The number of rotatable bonds is 5. The minimum absolute atomic E-state index is 0.424. The van der Waals surface area contributed by atoms with Crippen molar-refractivity contribution in [3.8, 4) is 0 Å². The molecule has 0 atom stereocenters. The molecule has 0 saturated heterocycles. The molecule has 2 aromatic heterocycles. The lowest BCUT2D eigenvalue weighted by Crippen LogP contribution is -2.05. The van der Waals surface area contributed by atoms with E-state index in [0.29, 0.717) is 6.04 Å². The molecule has 1 N–H and O–H groups in total. The molecule has 0 amide bonds. The van der Waals surface area contributed by atoms with Crippen LogP contribution in [0.15, 0.2) is 30.7 Å². The van der Waals surface area contributed by atoms with E-state index in [0.717, 1.165) is 18.8 Å². The summed E-state index contributed by atoms with van der Waals surface area (Å²) in [5, 5.41) is 7.69. The number of nitrogens with zero attached hydrogens (tertiary/aromatic N) is 3. The fourth-order valence-corrected chi connectivity index (χ4v) is 1.83. The van der Waals surface area contributed by atoms with E-state index in [9.17, 15) is 0 Å². The topological polar surface area (TPSA) is 34.8 Å². The van der Waals surface area contributed by atoms with Crippen molar-refractivity contribution in [2.24, 2.45) is 0 Å². The molecule has 0 unspecified atom stereocenters. The molecule has 2 rings (SSSR count). The van der Waals surface area contributed by atoms with Gasteiger partial charge in [0.05, 0.1) is 12.2 Å². The summed E-state index contributed by atoms with van der Waals surface area (Å²) in [6.07, 6.45) is 6.30. The van der Waals surface area contributed by atoms with Crippen LogP contribution in [0.25, 0.3) is 0 Å². The number of nitrogens with one attached hydrogen (secondary N) is 1. The quantitative estimate of drug-likeness (QED) is 0.856. The maximum absolute atomic E-state index is 4.54. The predicted molar refractivity (Wildman–Crippen MR) is 68.9 cm³/mol. The van der Waals surface area contributed by atoms with Crippen molar-refractivity contribution in [2.45, 2.75) is 33.0 Å². The van der Waals surface area contributed by atoms with Gasteiger partial charge in [-0.05, 0) is 38.6 Å². The van der Waals surface area contributed by atoms with E-state index >= 15 is 0 Å². The SMILES string of the molecule is CNCc1ccn(Cc2ccn(C(C)C)n2)c1. The third-order valence-corrected chi connectivity index (χ3v) is 2.73. The molecule has 0 saturated carbocycles. The van der Waals surface area contributed by atoms with E-state index in [1.54, 1.807) is 0 Å². The molecule has 0 fully saturated rings. The fourth-order valence-electron chi connectivity index (χ4n) is 1.83. The summed E-state index contributed by atoms with van der Waals surface area (Å²) < 4.78 is 4.16. The first-order valence-corrected chi connectivity index (χ1v) is 6.02. The number of hydrogen-bond acceptors (Lipinski definition) is 2. The van der Waals surface area contributed by atoms with Crippen LogP contribution in [0.3, 0.4) is 0 Å². The van der Waals surface area contributed by atoms with E-state index in [1.807, 2.05) is 17.9 Å². The molecule has 0 bridgehead atoms. The van der Waals surface area contributed by atoms with Gasteiger partial charge < -0.3 is 9.88 Å². The Bertz CT molecular complexity index is 467. The van der Waals surface area contributed by atoms with Crippen molar-refractivity contribution in [3.05, 3.63) is 42.0 Å². The van der Waals surface area contributed by atoms with Crippen LogP contribution in [-0.2, 0) is 13.1 Å². The van der Waals surface area contributed by atoms with Gasteiger partial charge in [-0.15, -0.1) is 0 Å². The molecule has 0 spiro atoms. The van der Waals surface area contributed by atoms with Gasteiger partial charge in [-0.3, -0.25) is 4.68 Å². The van der Waals surface area contributed by atoms with Crippen molar-refractivity contribution < 1.29 is 0 Å². The monoisotopic (exact) mass is 232 g/mol. The Kier molecular flexibility index (Phi) is 3.64. The largest absolute Gasteiger partial charge is 0.348 e. The average Bonchev–Trinajstić information content (AvgIpc) is 2.89.